The van der Waals surface area contributed by atoms with Crippen LogP contribution in [0, 0.1) is 0 Å². The molecule has 0 bridgehead atoms. The smallest absolute Gasteiger partial charge is 0.333 e. The minimum atomic E-state index is -4.67. The van der Waals surface area contributed by atoms with Crippen molar-refractivity contribution in [1.82, 2.24) is 0 Å². The molecule has 0 aromatic carbocycles. The summed E-state index contributed by atoms with van der Waals surface area (Å²) in [5.41, 5.74) is 0. The molecule has 0 unspecified atom stereocenters. The Kier molecular flexibility index (Phi) is 8.50. The lowest BCUT2D eigenvalue weighted by molar-refractivity contribution is -0.849. The zero-order valence-electron chi connectivity index (χ0n) is 6.57. The Morgan fingerprint density at radius 3 is 1.00 bits per heavy atom. The van der Waals surface area contributed by atoms with Gasteiger partial charge in [-0.15, -0.1) is 0 Å². The van der Waals surface area contributed by atoms with Crippen LogP contribution in [-0.4, -0.2) is 50.2 Å². The molecule has 5 nitrogen and oxygen atoms in total. The Morgan fingerprint density at radius 1 is 1.00 bits per heavy atom. The quantitative estimate of drug-likeness (QED) is 0.423. The van der Waals surface area contributed by atoms with Crippen LogP contribution in [0.4, 0.5) is 0 Å². The molecule has 0 aliphatic heterocycles. The Bertz CT molecular complexity index is 153. The van der Waals surface area contributed by atoms with Gasteiger partial charge in [-0.05, 0) is 0 Å². The summed E-state index contributed by atoms with van der Waals surface area (Å²) in [6, 6.07) is 0. The van der Waals surface area contributed by atoms with Crippen LogP contribution in [0.3, 0.4) is 0 Å². The second-order valence-corrected chi connectivity index (χ2v) is 4.03. The van der Waals surface area contributed by atoms with Gasteiger partial charge in [-0.3, -0.25) is 9.11 Å². The second kappa shape index (κ2) is 5.48. The first-order chi connectivity index (χ1) is 4.00. The maximum absolute atomic E-state index is 8.74. The van der Waals surface area contributed by atoms with Gasteiger partial charge in [0, 0.05) is 0 Å². The van der Waals surface area contributed by atoms with E-state index in [4.69, 9.17) is 17.5 Å². The van der Waals surface area contributed by atoms with E-state index < -0.39 is 10.4 Å². The van der Waals surface area contributed by atoms with Crippen LogP contribution in [-0.2, 0) is 10.4 Å². The van der Waals surface area contributed by atoms with E-state index in [0.29, 0.717) is 0 Å². The van der Waals surface area contributed by atoms with Crippen LogP contribution in [0.2, 0.25) is 0 Å². The molecule has 0 amide bonds. The maximum Gasteiger partial charge on any atom is 0.394 e. The van der Waals surface area contributed by atoms with Gasteiger partial charge in [0.2, 0.25) is 0 Å². The Balaban J connectivity index is -0.000000107. The zero-order chi connectivity index (χ0) is 9.00. The van der Waals surface area contributed by atoms with Gasteiger partial charge in [0.05, 0.1) is 28.2 Å². The lowest BCUT2D eigenvalue weighted by Gasteiger charge is -2.14. The van der Waals surface area contributed by atoms with E-state index in [1.807, 2.05) is 0 Å². The number of rotatable bonds is 0. The van der Waals surface area contributed by atoms with Crippen LogP contribution in [0.1, 0.15) is 7.43 Å². The number of quaternary nitrogens is 1. The fourth-order valence-corrected chi connectivity index (χ4v) is 0. The van der Waals surface area contributed by atoms with Gasteiger partial charge in [-0.1, -0.05) is 7.43 Å². The third-order valence-corrected chi connectivity index (χ3v) is 0. The van der Waals surface area contributed by atoms with Crippen molar-refractivity contribution in [2.75, 3.05) is 28.2 Å². The Morgan fingerprint density at radius 2 is 1.00 bits per heavy atom. The van der Waals surface area contributed by atoms with Crippen LogP contribution >= 0.6 is 0 Å². The fraction of sp³-hybridized carbons (Fsp3) is 1.00. The van der Waals surface area contributed by atoms with Gasteiger partial charge in [0.1, 0.15) is 0 Å². The van der Waals surface area contributed by atoms with Crippen LogP contribution in [0.25, 0.3) is 0 Å². The minimum absolute atomic E-state index is 0. The molecule has 2 N–H and O–H groups in total. The molecule has 0 aromatic heterocycles. The normalized spacial score (nSPS) is 10.7. The van der Waals surface area contributed by atoms with Crippen molar-refractivity contribution in [3.8, 4) is 0 Å². The van der Waals surface area contributed by atoms with Crippen molar-refractivity contribution in [2.24, 2.45) is 0 Å². The molecule has 0 heterocycles. The third-order valence-electron chi connectivity index (χ3n) is 0. The molecule has 0 radical (unpaired) electrons. The SMILES string of the molecule is C.C[N+](C)(C)C.O=S(=O)(O)O. The molecular weight excluding hydrogens is 170 g/mol. The Hall–Kier alpha value is -0.170. The largest absolute Gasteiger partial charge is 0.394 e. The summed E-state index contributed by atoms with van der Waals surface area (Å²) >= 11 is 0. The highest BCUT2D eigenvalue weighted by atomic mass is 32.3. The van der Waals surface area contributed by atoms with Crippen molar-refractivity contribution >= 4 is 10.4 Å². The highest BCUT2D eigenvalue weighted by Crippen LogP contribution is 1.73. The van der Waals surface area contributed by atoms with Crippen molar-refractivity contribution in [3.05, 3.63) is 0 Å². The van der Waals surface area contributed by atoms with Gasteiger partial charge in [-0.25, -0.2) is 0 Å². The molecule has 0 aromatic rings. The molecule has 0 aliphatic rings. The van der Waals surface area contributed by atoms with Crippen LogP contribution < -0.4 is 0 Å². The molecule has 0 fully saturated rings. The second-order valence-electron chi connectivity index (χ2n) is 3.13. The summed E-state index contributed by atoms with van der Waals surface area (Å²) in [4.78, 5) is 0. The van der Waals surface area contributed by atoms with Crippen LogP contribution in [0.5, 0.6) is 0 Å². The first-order valence-electron chi connectivity index (χ1n) is 2.49. The monoisotopic (exact) mass is 188 g/mol. The van der Waals surface area contributed by atoms with E-state index in [1.54, 1.807) is 0 Å². The molecule has 0 atom stereocenters. The summed E-state index contributed by atoms with van der Waals surface area (Å²) in [6.45, 7) is 0. The molecule has 72 valence electrons. The number of nitrogens with zero attached hydrogens (tertiary/aromatic N) is 1. The van der Waals surface area contributed by atoms with Crippen molar-refractivity contribution < 1.29 is 22.0 Å². The number of hydrogen-bond acceptors (Lipinski definition) is 2. The van der Waals surface area contributed by atoms with E-state index in [0.717, 1.165) is 4.48 Å². The average molecular weight is 188 g/mol. The van der Waals surface area contributed by atoms with Crippen molar-refractivity contribution in [2.45, 2.75) is 7.43 Å². The van der Waals surface area contributed by atoms with Gasteiger partial charge in [0.25, 0.3) is 0 Å². The lowest BCUT2D eigenvalue weighted by Crippen LogP contribution is -2.27. The molecule has 11 heavy (non-hydrogen) atoms. The highest BCUT2D eigenvalue weighted by Gasteiger charge is 1.88. The summed E-state index contributed by atoms with van der Waals surface area (Å²) in [5.74, 6) is 0. The van der Waals surface area contributed by atoms with E-state index in [2.05, 4.69) is 28.2 Å². The molecular formula is C5H18NO4S+. The van der Waals surface area contributed by atoms with Gasteiger partial charge in [-0.2, -0.15) is 8.42 Å². The fourth-order valence-electron chi connectivity index (χ4n) is 0. The van der Waals surface area contributed by atoms with Crippen molar-refractivity contribution in [3.63, 3.8) is 0 Å². The predicted molar refractivity (Wildman–Crippen MR) is 44.9 cm³/mol. The molecule has 0 aliphatic carbocycles. The standard InChI is InChI=1S/C4H12N.CH4.H2O4S/c1-5(2,3)4;;1-5(2,3)4/h1-4H3;1H4;(H2,1,2,3,4)/q+1;;. The van der Waals surface area contributed by atoms with Gasteiger partial charge >= 0.3 is 10.4 Å². The lowest BCUT2D eigenvalue weighted by atomic mass is 10.8. The summed E-state index contributed by atoms with van der Waals surface area (Å²) in [6.07, 6.45) is 0. The third kappa shape index (κ3) is 20900. The molecule has 0 saturated heterocycles. The maximum atomic E-state index is 8.74. The topological polar surface area (TPSA) is 74.6 Å². The molecule has 0 spiro atoms. The number of hydrogen-bond donors (Lipinski definition) is 2. The Labute approximate surface area is 68.8 Å². The van der Waals surface area contributed by atoms with Gasteiger partial charge < -0.3 is 4.48 Å². The predicted octanol–water partition coefficient (Wildman–Crippen LogP) is 0.306. The molecule has 0 saturated carbocycles. The zero-order valence-corrected chi connectivity index (χ0v) is 7.38. The van der Waals surface area contributed by atoms with E-state index in [9.17, 15) is 0 Å². The summed E-state index contributed by atoms with van der Waals surface area (Å²) in [7, 11) is 3.83. The summed E-state index contributed by atoms with van der Waals surface area (Å²) < 4.78 is 32.6. The van der Waals surface area contributed by atoms with E-state index in [-0.39, 0.29) is 7.43 Å². The minimum Gasteiger partial charge on any atom is -0.333 e. The van der Waals surface area contributed by atoms with E-state index >= 15 is 0 Å². The van der Waals surface area contributed by atoms with Crippen molar-refractivity contribution in [1.29, 1.82) is 0 Å². The molecule has 0 rings (SSSR count). The highest BCUT2D eigenvalue weighted by molar-refractivity contribution is 7.79. The van der Waals surface area contributed by atoms with Crippen LogP contribution in [0.15, 0.2) is 0 Å². The average Bonchev–Trinajstić information content (AvgIpc) is 1.12. The molecule has 6 heteroatoms. The first-order valence-corrected chi connectivity index (χ1v) is 3.88. The van der Waals surface area contributed by atoms with E-state index in [1.165, 1.54) is 0 Å². The first kappa shape index (κ1) is 17.1. The van der Waals surface area contributed by atoms with Gasteiger partial charge in [0.15, 0.2) is 0 Å². The summed E-state index contributed by atoms with van der Waals surface area (Å²) in [5, 5.41) is 0.